The van der Waals surface area contributed by atoms with E-state index in [2.05, 4.69) is 10.3 Å². The van der Waals surface area contributed by atoms with Gasteiger partial charge in [-0.3, -0.25) is 4.99 Å². The Hall–Kier alpha value is -1.71. The fourth-order valence-corrected chi connectivity index (χ4v) is 1.93. The molecule has 0 amide bonds. The maximum Gasteiger partial charge on any atom is 0.172 e. The van der Waals surface area contributed by atoms with Crippen LogP contribution in [0.1, 0.15) is 25.8 Å². The van der Waals surface area contributed by atoms with Gasteiger partial charge >= 0.3 is 0 Å². The molecule has 0 aromatic heterocycles. The molecule has 4 nitrogen and oxygen atoms in total. The summed E-state index contributed by atoms with van der Waals surface area (Å²) in [5, 5.41) is 3.31. The number of amidine groups is 1. The Balaban J connectivity index is 2.41. The number of nitrogens with one attached hydrogen (secondary N) is 1. The normalized spacial score (nSPS) is 15.0. The zero-order valence-electron chi connectivity index (χ0n) is 11.2. The maximum atomic E-state index is 5.87. The standard InChI is InChI=1S/C14H20N2O2/c1-10(2)18-13-11(6-4-7-12(13)17-3)14-15-8-5-9-16-14/h4,6-7,10H,5,8-9H2,1-3H3,(H,15,16). The number of ether oxygens (including phenoxy) is 2. The first-order valence-corrected chi connectivity index (χ1v) is 6.34. The number of hydrogen-bond acceptors (Lipinski definition) is 4. The third-order valence-corrected chi connectivity index (χ3v) is 2.70. The van der Waals surface area contributed by atoms with Crippen LogP contribution in [0.2, 0.25) is 0 Å². The molecule has 1 aliphatic heterocycles. The molecule has 4 heteroatoms. The lowest BCUT2D eigenvalue weighted by Crippen LogP contribution is -2.30. The van der Waals surface area contributed by atoms with Gasteiger partial charge in [0.2, 0.25) is 0 Å². The van der Waals surface area contributed by atoms with Crippen LogP contribution in [-0.2, 0) is 0 Å². The van der Waals surface area contributed by atoms with Gasteiger partial charge < -0.3 is 14.8 Å². The van der Waals surface area contributed by atoms with E-state index in [9.17, 15) is 0 Å². The van der Waals surface area contributed by atoms with Crippen LogP contribution in [0.25, 0.3) is 0 Å². The lowest BCUT2D eigenvalue weighted by Gasteiger charge is -2.20. The Labute approximate surface area is 108 Å². The van der Waals surface area contributed by atoms with E-state index in [0.717, 1.165) is 42.4 Å². The first-order valence-electron chi connectivity index (χ1n) is 6.34. The van der Waals surface area contributed by atoms with Gasteiger partial charge in [-0.25, -0.2) is 0 Å². The fraction of sp³-hybridized carbons (Fsp3) is 0.500. The minimum atomic E-state index is 0.101. The van der Waals surface area contributed by atoms with Gasteiger partial charge in [-0.2, -0.15) is 0 Å². The molecule has 0 unspecified atom stereocenters. The Bertz CT molecular complexity index is 441. The first-order chi connectivity index (χ1) is 8.72. The highest BCUT2D eigenvalue weighted by Crippen LogP contribution is 2.32. The summed E-state index contributed by atoms with van der Waals surface area (Å²) >= 11 is 0. The zero-order chi connectivity index (χ0) is 13.0. The molecular weight excluding hydrogens is 228 g/mol. The monoisotopic (exact) mass is 248 g/mol. The Morgan fingerprint density at radius 2 is 2.17 bits per heavy atom. The fourth-order valence-electron chi connectivity index (χ4n) is 1.93. The summed E-state index contributed by atoms with van der Waals surface area (Å²) in [5.41, 5.74) is 0.975. The van der Waals surface area contributed by atoms with E-state index in [4.69, 9.17) is 9.47 Å². The predicted octanol–water partition coefficient (Wildman–Crippen LogP) is 2.22. The largest absolute Gasteiger partial charge is 0.493 e. The van der Waals surface area contributed by atoms with Crippen molar-refractivity contribution >= 4 is 5.84 Å². The van der Waals surface area contributed by atoms with Crippen molar-refractivity contribution in [2.24, 2.45) is 4.99 Å². The second kappa shape index (κ2) is 5.76. The minimum absolute atomic E-state index is 0.101. The van der Waals surface area contributed by atoms with Crippen molar-refractivity contribution in [3.63, 3.8) is 0 Å². The summed E-state index contributed by atoms with van der Waals surface area (Å²) in [6, 6.07) is 5.88. The van der Waals surface area contributed by atoms with Crippen LogP contribution in [0.4, 0.5) is 0 Å². The highest BCUT2D eigenvalue weighted by molar-refractivity contribution is 6.02. The average molecular weight is 248 g/mol. The molecule has 1 aromatic carbocycles. The van der Waals surface area contributed by atoms with Crippen LogP contribution in [0.15, 0.2) is 23.2 Å². The highest BCUT2D eigenvalue weighted by atomic mass is 16.5. The number of rotatable bonds is 4. The van der Waals surface area contributed by atoms with Crippen molar-refractivity contribution in [3.8, 4) is 11.5 Å². The number of nitrogens with zero attached hydrogens (tertiary/aromatic N) is 1. The van der Waals surface area contributed by atoms with E-state index in [-0.39, 0.29) is 6.10 Å². The molecule has 0 radical (unpaired) electrons. The summed E-state index contributed by atoms with van der Waals surface area (Å²) in [6.07, 6.45) is 1.18. The summed E-state index contributed by atoms with van der Waals surface area (Å²) in [4.78, 5) is 4.51. The van der Waals surface area contributed by atoms with Gasteiger partial charge in [0.15, 0.2) is 11.5 Å². The molecule has 0 atom stereocenters. The molecule has 0 saturated carbocycles. The number of para-hydroxylation sites is 1. The van der Waals surface area contributed by atoms with Crippen LogP contribution in [0.5, 0.6) is 11.5 Å². The van der Waals surface area contributed by atoms with E-state index in [0.29, 0.717) is 0 Å². The molecule has 1 aliphatic rings. The van der Waals surface area contributed by atoms with Gasteiger partial charge in [-0.05, 0) is 32.4 Å². The van der Waals surface area contributed by atoms with Crippen LogP contribution in [-0.4, -0.2) is 32.1 Å². The summed E-state index contributed by atoms with van der Waals surface area (Å²) in [7, 11) is 1.66. The Morgan fingerprint density at radius 3 is 2.78 bits per heavy atom. The van der Waals surface area contributed by atoms with Crippen molar-refractivity contribution in [2.45, 2.75) is 26.4 Å². The van der Waals surface area contributed by atoms with Gasteiger partial charge in [0.1, 0.15) is 5.84 Å². The number of hydrogen-bond donors (Lipinski definition) is 1. The molecule has 1 aromatic rings. The van der Waals surface area contributed by atoms with Gasteiger partial charge in [0.05, 0.1) is 18.8 Å². The average Bonchev–Trinajstić information content (AvgIpc) is 2.39. The van der Waals surface area contributed by atoms with Crippen molar-refractivity contribution in [2.75, 3.05) is 20.2 Å². The number of benzene rings is 1. The lowest BCUT2D eigenvalue weighted by molar-refractivity contribution is 0.229. The molecule has 0 aliphatic carbocycles. The van der Waals surface area contributed by atoms with E-state index >= 15 is 0 Å². The molecular formula is C14H20N2O2. The number of aliphatic imine (C=N–C) groups is 1. The molecule has 18 heavy (non-hydrogen) atoms. The third-order valence-electron chi connectivity index (χ3n) is 2.70. The predicted molar refractivity (Wildman–Crippen MR) is 72.8 cm³/mol. The SMILES string of the molecule is COc1cccc(C2=NCCCN2)c1OC(C)C. The Kier molecular flexibility index (Phi) is 4.07. The first kappa shape index (κ1) is 12.7. The molecule has 2 rings (SSSR count). The van der Waals surface area contributed by atoms with Gasteiger partial charge in [-0.1, -0.05) is 6.07 Å². The van der Waals surface area contributed by atoms with Gasteiger partial charge in [0, 0.05) is 13.1 Å². The summed E-state index contributed by atoms with van der Waals surface area (Å²) in [6.45, 7) is 5.83. The quantitative estimate of drug-likeness (QED) is 0.888. The second-order valence-corrected chi connectivity index (χ2v) is 4.51. The molecule has 98 valence electrons. The summed E-state index contributed by atoms with van der Waals surface area (Å²) in [5.74, 6) is 2.41. The molecule has 0 spiro atoms. The summed E-state index contributed by atoms with van der Waals surface area (Å²) < 4.78 is 11.2. The van der Waals surface area contributed by atoms with Crippen molar-refractivity contribution < 1.29 is 9.47 Å². The highest BCUT2D eigenvalue weighted by Gasteiger charge is 2.17. The van der Waals surface area contributed by atoms with Gasteiger partial charge in [0.25, 0.3) is 0 Å². The van der Waals surface area contributed by atoms with E-state index in [1.54, 1.807) is 7.11 Å². The smallest absolute Gasteiger partial charge is 0.172 e. The van der Waals surface area contributed by atoms with E-state index in [1.807, 2.05) is 32.0 Å². The van der Waals surface area contributed by atoms with Crippen LogP contribution < -0.4 is 14.8 Å². The second-order valence-electron chi connectivity index (χ2n) is 4.51. The van der Waals surface area contributed by atoms with Crippen LogP contribution in [0.3, 0.4) is 0 Å². The van der Waals surface area contributed by atoms with E-state index in [1.165, 1.54) is 0 Å². The lowest BCUT2D eigenvalue weighted by atomic mass is 10.1. The van der Waals surface area contributed by atoms with Crippen molar-refractivity contribution in [3.05, 3.63) is 23.8 Å². The molecule has 0 fully saturated rings. The van der Waals surface area contributed by atoms with Crippen molar-refractivity contribution in [1.29, 1.82) is 0 Å². The van der Waals surface area contributed by atoms with Crippen LogP contribution >= 0.6 is 0 Å². The number of methoxy groups -OCH3 is 1. The molecule has 1 heterocycles. The van der Waals surface area contributed by atoms with E-state index < -0.39 is 0 Å². The Morgan fingerprint density at radius 1 is 1.33 bits per heavy atom. The van der Waals surface area contributed by atoms with Crippen molar-refractivity contribution in [1.82, 2.24) is 5.32 Å². The maximum absolute atomic E-state index is 5.87. The molecule has 0 bridgehead atoms. The zero-order valence-corrected chi connectivity index (χ0v) is 11.2. The molecule has 0 saturated heterocycles. The molecule has 1 N–H and O–H groups in total. The van der Waals surface area contributed by atoms with Crippen LogP contribution in [0, 0.1) is 0 Å². The van der Waals surface area contributed by atoms with Gasteiger partial charge in [-0.15, -0.1) is 0 Å². The topological polar surface area (TPSA) is 42.8 Å². The minimum Gasteiger partial charge on any atom is -0.493 e. The third kappa shape index (κ3) is 2.75.